The molecular weight excluding hydrogens is 192 g/mol. The maximum Gasteiger partial charge on any atom is 0.124 e. The van der Waals surface area contributed by atoms with Crippen LogP contribution in [0.15, 0.2) is 6.07 Å². The SMILES string of the molecule is Cc1cc(NCC2CNCCO2)n(C)n1. The Hall–Kier alpha value is -1.07. The summed E-state index contributed by atoms with van der Waals surface area (Å²) in [5, 5.41) is 10.9. The summed E-state index contributed by atoms with van der Waals surface area (Å²) in [7, 11) is 1.94. The van der Waals surface area contributed by atoms with Crippen molar-refractivity contribution < 1.29 is 4.74 Å². The molecule has 2 heterocycles. The molecule has 5 heteroatoms. The Kier molecular flexibility index (Phi) is 3.23. The third-order valence-corrected chi connectivity index (χ3v) is 2.52. The second-order valence-corrected chi connectivity index (χ2v) is 3.87. The minimum absolute atomic E-state index is 0.258. The molecule has 1 unspecified atom stereocenters. The number of hydrogen-bond donors (Lipinski definition) is 2. The van der Waals surface area contributed by atoms with E-state index in [1.165, 1.54) is 0 Å². The molecule has 0 spiro atoms. The Labute approximate surface area is 89.8 Å². The average molecular weight is 210 g/mol. The molecule has 2 N–H and O–H groups in total. The van der Waals surface area contributed by atoms with Crippen molar-refractivity contribution >= 4 is 5.82 Å². The molecule has 84 valence electrons. The summed E-state index contributed by atoms with van der Waals surface area (Å²) in [4.78, 5) is 0. The van der Waals surface area contributed by atoms with E-state index in [1.54, 1.807) is 0 Å². The summed E-state index contributed by atoms with van der Waals surface area (Å²) in [5.41, 5.74) is 1.03. The molecule has 15 heavy (non-hydrogen) atoms. The van der Waals surface area contributed by atoms with Gasteiger partial charge >= 0.3 is 0 Å². The first-order chi connectivity index (χ1) is 7.25. The Bertz CT molecular complexity index is 317. The summed E-state index contributed by atoms with van der Waals surface area (Å²) in [5.74, 6) is 1.04. The molecule has 1 aliphatic rings. The molecule has 2 rings (SSSR count). The second-order valence-electron chi connectivity index (χ2n) is 3.87. The van der Waals surface area contributed by atoms with Crippen LogP contribution in [0.1, 0.15) is 5.69 Å². The summed E-state index contributed by atoms with van der Waals surface area (Å²) < 4.78 is 7.44. The maximum atomic E-state index is 5.59. The fraction of sp³-hybridized carbons (Fsp3) is 0.700. The number of aryl methyl sites for hydroxylation is 2. The number of hydrogen-bond acceptors (Lipinski definition) is 4. The standard InChI is InChI=1S/C10H18N4O/c1-8-5-10(14(2)13-8)12-7-9-6-11-3-4-15-9/h5,9,11-12H,3-4,6-7H2,1-2H3. The smallest absolute Gasteiger partial charge is 0.124 e. The van der Waals surface area contributed by atoms with E-state index in [-0.39, 0.29) is 6.10 Å². The Morgan fingerprint density at radius 3 is 3.20 bits per heavy atom. The van der Waals surface area contributed by atoms with Crippen molar-refractivity contribution in [3.05, 3.63) is 11.8 Å². The zero-order valence-corrected chi connectivity index (χ0v) is 9.29. The van der Waals surface area contributed by atoms with Crippen LogP contribution in [-0.2, 0) is 11.8 Å². The number of aromatic nitrogens is 2. The van der Waals surface area contributed by atoms with E-state index in [9.17, 15) is 0 Å². The molecule has 1 aromatic rings. The van der Waals surface area contributed by atoms with E-state index in [4.69, 9.17) is 4.74 Å². The van der Waals surface area contributed by atoms with Gasteiger partial charge in [0.1, 0.15) is 5.82 Å². The number of morpholine rings is 1. The molecule has 1 atom stereocenters. The van der Waals surface area contributed by atoms with E-state index in [2.05, 4.69) is 15.7 Å². The van der Waals surface area contributed by atoms with E-state index in [1.807, 2.05) is 24.7 Å². The van der Waals surface area contributed by atoms with Crippen LogP contribution in [0.25, 0.3) is 0 Å². The minimum atomic E-state index is 0.258. The largest absolute Gasteiger partial charge is 0.374 e. The van der Waals surface area contributed by atoms with Gasteiger partial charge in [-0.15, -0.1) is 0 Å². The van der Waals surface area contributed by atoms with Gasteiger partial charge in [0.25, 0.3) is 0 Å². The lowest BCUT2D eigenvalue weighted by molar-refractivity contribution is 0.0371. The third kappa shape index (κ3) is 2.70. The summed E-state index contributed by atoms with van der Waals surface area (Å²) in [6.07, 6.45) is 0.258. The van der Waals surface area contributed by atoms with Gasteiger partial charge in [-0.3, -0.25) is 4.68 Å². The molecular formula is C10H18N4O. The molecule has 0 aliphatic carbocycles. The van der Waals surface area contributed by atoms with Crippen LogP contribution in [0, 0.1) is 6.92 Å². The van der Waals surface area contributed by atoms with Crippen molar-refractivity contribution in [2.75, 3.05) is 31.6 Å². The Morgan fingerprint density at radius 1 is 1.73 bits per heavy atom. The Balaban J connectivity index is 1.84. The van der Waals surface area contributed by atoms with Crippen molar-refractivity contribution in [1.82, 2.24) is 15.1 Å². The van der Waals surface area contributed by atoms with Crippen molar-refractivity contribution in [3.8, 4) is 0 Å². The summed E-state index contributed by atoms with van der Waals surface area (Å²) >= 11 is 0. The molecule has 1 aromatic heterocycles. The molecule has 0 amide bonds. The lowest BCUT2D eigenvalue weighted by atomic mass is 10.3. The lowest BCUT2D eigenvalue weighted by Crippen LogP contribution is -2.42. The van der Waals surface area contributed by atoms with Gasteiger partial charge in [0.05, 0.1) is 18.4 Å². The number of anilines is 1. The predicted molar refractivity (Wildman–Crippen MR) is 59.0 cm³/mol. The van der Waals surface area contributed by atoms with Gasteiger partial charge in [-0.1, -0.05) is 0 Å². The van der Waals surface area contributed by atoms with Gasteiger partial charge in [0.15, 0.2) is 0 Å². The molecule has 0 saturated carbocycles. The van der Waals surface area contributed by atoms with Crippen LogP contribution in [0.2, 0.25) is 0 Å². The van der Waals surface area contributed by atoms with Gasteiger partial charge in [-0.2, -0.15) is 5.10 Å². The molecule has 0 aromatic carbocycles. The van der Waals surface area contributed by atoms with Crippen molar-refractivity contribution in [1.29, 1.82) is 0 Å². The highest BCUT2D eigenvalue weighted by atomic mass is 16.5. The predicted octanol–water partition coefficient (Wildman–Crippen LogP) is 0.129. The van der Waals surface area contributed by atoms with Crippen molar-refractivity contribution in [3.63, 3.8) is 0 Å². The highest BCUT2D eigenvalue weighted by Crippen LogP contribution is 2.08. The zero-order chi connectivity index (χ0) is 10.7. The van der Waals surface area contributed by atoms with Crippen LogP contribution in [0.4, 0.5) is 5.82 Å². The topological polar surface area (TPSA) is 51.1 Å². The number of nitrogens with zero attached hydrogens (tertiary/aromatic N) is 2. The van der Waals surface area contributed by atoms with Crippen LogP contribution in [-0.4, -0.2) is 42.1 Å². The minimum Gasteiger partial charge on any atom is -0.374 e. The van der Waals surface area contributed by atoms with Gasteiger partial charge in [-0.25, -0.2) is 0 Å². The van der Waals surface area contributed by atoms with Crippen LogP contribution in [0.3, 0.4) is 0 Å². The fourth-order valence-electron chi connectivity index (χ4n) is 1.75. The molecule has 1 aliphatic heterocycles. The molecule has 1 fully saturated rings. The van der Waals surface area contributed by atoms with Gasteiger partial charge in [0, 0.05) is 32.7 Å². The number of nitrogens with one attached hydrogen (secondary N) is 2. The average Bonchev–Trinajstić information content (AvgIpc) is 2.56. The number of rotatable bonds is 3. The molecule has 1 saturated heterocycles. The number of ether oxygens (including phenoxy) is 1. The quantitative estimate of drug-likeness (QED) is 0.744. The normalized spacial score (nSPS) is 21.6. The summed E-state index contributed by atoms with van der Waals surface area (Å²) in [6.45, 7) is 5.50. The third-order valence-electron chi connectivity index (χ3n) is 2.52. The monoisotopic (exact) mass is 210 g/mol. The summed E-state index contributed by atoms with van der Waals surface area (Å²) in [6, 6.07) is 2.04. The first kappa shape index (κ1) is 10.4. The highest BCUT2D eigenvalue weighted by molar-refractivity contribution is 5.36. The first-order valence-corrected chi connectivity index (χ1v) is 5.32. The van der Waals surface area contributed by atoms with Crippen molar-refractivity contribution in [2.45, 2.75) is 13.0 Å². The van der Waals surface area contributed by atoms with Crippen LogP contribution >= 0.6 is 0 Å². The Morgan fingerprint density at radius 2 is 2.60 bits per heavy atom. The van der Waals surface area contributed by atoms with Gasteiger partial charge < -0.3 is 15.4 Å². The van der Waals surface area contributed by atoms with E-state index < -0.39 is 0 Å². The maximum absolute atomic E-state index is 5.59. The van der Waals surface area contributed by atoms with Crippen LogP contribution < -0.4 is 10.6 Å². The van der Waals surface area contributed by atoms with E-state index in [0.29, 0.717) is 0 Å². The molecule has 5 nitrogen and oxygen atoms in total. The lowest BCUT2D eigenvalue weighted by Gasteiger charge is -2.24. The zero-order valence-electron chi connectivity index (χ0n) is 9.29. The van der Waals surface area contributed by atoms with Crippen molar-refractivity contribution in [2.24, 2.45) is 7.05 Å². The van der Waals surface area contributed by atoms with Gasteiger partial charge in [-0.05, 0) is 6.92 Å². The molecule has 0 bridgehead atoms. The van der Waals surface area contributed by atoms with Gasteiger partial charge in [0.2, 0.25) is 0 Å². The second kappa shape index (κ2) is 4.63. The fourth-order valence-corrected chi connectivity index (χ4v) is 1.75. The van der Waals surface area contributed by atoms with E-state index in [0.717, 1.165) is 37.8 Å². The van der Waals surface area contributed by atoms with E-state index >= 15 is 0 Å². The van der Waals surface area contributed by atoms with Crippen LogP contribution in [0.5, 0.6) is 0 Å². The first-order valence-electron chi connectivity index (χ1n) is 5.32. The molecule has 0 radical (unpaired) electrons. The highest BCUT2D eigenvalue weighted by Gasteiger charge is 2.13.